The van der Waals surface area contributed by atoms with Crippen molar-refractivity contribution < 1.29 is 5.11 Å². The molecule has 0 aliphatic heterocycles. The van der Waals surface area contributed by atoms with Crippen molar-refractivity contribution in [2.24, 2.45) is 0 Å². The molecule has 3 nitrogen and oxygen atoms in total. The summed E-state index contributed by atoms with van der Waals surface area (Å²) in [4.78, 5) is 5.18. The largest absolute Gasteiger partial charge is 0.389 e. The Bertz CT molecular complexity index is 240. The van der Waals surface area contributed by atoms with Crippen molar-refractivity contribution in [1.82, 2.24) is 9.88 Å². The van der Waals surface area contributed by atoms with Gasteiger partial charge in [-0.25, -0.2) is 0 Å². The lowest BCUT2D eigenvalue weighted by atomic mass is 10.1. The third-order valence-electron chi connectivity index (χ3n) is 1.79. The summed E-state index contributed by atoms with van der Waals surface area (Å²) in [7, 11) is 4.01. The standard InChI is InChI=1S/C9H16N2O/c1-7(12)8-4-5-10-9(8)6-11(2)3/h4-5,7,10,12H,6H2,1-3H3. The van der Waals surface area contributed by atoms with Crippen molar-refractivity contribution in [3.05, 3.63) is 23.5 Å². The number of rotatable bonds is 3. The maximum Gasteiger partial charge on any atom is 0.0779 e. The molecule has 1 aromatic heterocycles. The zero-order chi connectivity index (χ0) is 9.14. The fourth-order valence-corrected chi connectivity index (χ4v) is 1.26. The second-order valence-corrected chi connectivity index (χ2v) is 3.33. The fourth-order valence-electron chi connectivity index (χ4n) is 1.26. The lowest BCUT2D eigenvalue weighted by Gasteiger charge is -2.11. The van der Waals surface area contributed by atoms with E-state index in [2.05, 4.69) is 9.88 Å². The van der Waals surface area contributed by atoms with E-state index in [1.165, 1.54) is 0 Å². The first-order valence-electron chi connectivity index (χ1n) is 4.10. The highest BCUT2D eigenvalue weighted by Gasteiger charge is 2.08. The van der Waals surface area contributed by atoms with Crippen LogP contribution in [0.2, 0.25) is 0 Å². The number of aromatic amines is 1. The Labute approximate surface area is 73.0 Å². The topological polar surface area (TPSA) is 39.3 Å². The average molecular weight is 168 g/mol. The van der Waals surface area contributed by atoms with Gasteiger partial charge in [-0.05, 0) is 27.1 Å². The molecule has 0 fully saturated rings. The van der Waals surface area contributed by atoms with Crippen LogP contribution in [-0.2, 0) is 6.54 Å². The number of hydrogen-bond donors (Lipinski definition) is 2. The Kier molecular flexibility index (Phi) is 2.89. The molecule has 0 aliphatic rings. The van der Waals surface area contributed by atoms with Gasteiger partial charge in [0.2, 0.25) is 0 Å². The summed E-state index contributed by atoms with van der Waals surface area (Å²) in [6, 6.07) is 1.92. The highest BCUT2D eigenvalue weighted by atomic mass is 16.3. The van der Waals surface area contributed by atoms with Crippen LogP contribution in [0.5, 0.6) is 0 Å². The second kappa shape index (κ2) is 3.74. The summed E-state index contributed by atoms with van der Waals surface area (Å²) < 4.78 is 0. The average Bonchev–Trinajstić information content (AvgIpc) is 2.33. The van der Waals surface area contributed by atoms with Gasteiger partial charge in [-0.1, -0.05) is 0 Å². The molecule has 3 heteroatoms. The van der Waals surface area contributed by atoms with E-state index in [0.29, 0.717) is 0 Å². The molecular formula is C9H16N2O. The van der Waals surface area contributed by atoms with Gasteiger partial charge in [-0.2, -0.15) is 0 Å². The van der Waals surface area contributed by atoms with Crippen LogP contribution in [0.4, 0.5) is 0 Å². The van der Waals surface area contributed by atoms with Crippen LogP contribution >= 0.6 is 0 Å². The van der Waals surface area contributed by atoms with Gasteiger partial charge < -0.3 is 15.0 Å². The second-order valence-electron chi connectivity index (χ2n) is 3.33. The van der Waals surface area contributed by atoms with Crippen LogP contribution in [0, 0.1) is 0 Å². The van der Waals surface area contributed by atoms with Crippen LogP contribution in [-0.4, -0.2) is 29.1 Å². The van der Waals surface area contributed by atoms with E-state index in [9.17, 15) is 5.11 Å². The van der Waals surface area contributed by atoms with Gasteiger partial charge in [0.15, 0.2) is 0 Å². The molecule has 1 unspecified atom stereocenters. The first-order chi connectivity index (χ1) is 5.61. The first kappa shape index (κ1) is 9.29. The predicted octanol–water partition coefficient (Wildman–Crippen LogP) is 1.13. The molecule has 0 aromatic carbocycles. The Hall–Kier alpha value is -0.800. The molecule has 0 saturated carbocycles. The number of H-pyrrole nitrogens is 1. The molecule has 68 valence electrons. The van der Waals surface area contributed by atoms with Crippen LogP contribution in [0.25, 0.3) is 0 Å². The van der Waals surface area contributed by atoms with E-state index in [-0.39, 0.29) is 6.10 Å². The fraction of sp³-hybridized carbons (Fsp3) is 0.556. The molecular weight excluding hydrogens is 152 g/mol. The minimum atomic E-state index is -0.383. The quantitative estimate of drug-likeness (QED) is 0.710. The lowest BCUT2D eigenvalue weighted by molar-refractivity contribution is 0.197. The molecule has 0 spiro atoms. The van der Waals surface area contributed by atoms with Gasteiger partial charge in [0.1, 0.15) is 0 Å². The molecule has 0 saturated heterocycles. The van der Waals surface area contributed by atoms with Gasteiger partial charge in [0.25, 0.3) is 0 Å². The van der Waals surface area contributed by atoms with Crippen LogP contribution in [0.15, 0.2) is 12.3 Å². The molecule has 1 aromatic rings. The number of aliphatic hydroxyl groups is 1. The number of nitrogens with zero attached hydrogens (tertiary/aromatic N) is 1. The molecule has 1 atom stereocenters. The van der Waals surface area contributed by atoms with Crippen LogP contribution in [0.1, 0.15) is 24.3 Å². The monoisotopic (exact) mass is 168 g/mol. The minimum absolute atomic E-state index is 0.383. The summed E-state index contributed by atoms with van der Waals surface area (Å²) in [6.07, 6.45) is 1.48. The van der Waals surface area contributed by atoms with Crippen molar-refractivity contribution >= 4 is 0 Å². The molecule has 0 aliphatic carbocycles. The maximum atomic E-state index is 9.37. The molecule has 12 heavy (non-hydrogen) atoms. The molecule has 2 N–H and O–H groups in total. The number of hydrogen-bond acceptors (Lipinski definition) is 2. The predicted molar refractivity (Wildman–Crippen MR) is 48.8 cm³/mol. The van der Waals surface area contributed by atoms with Crippen LogP contribution in [0.3, 0.4) is 0 Å². The number of nitrogens with one attached hydrogen (secondary N) is 1. The summed E-state index contributed by atoms with van der Waals surface area (Å²) >= 11 is 0. The van der Waals surface area contributed by atoms with Crippen molar-refractivity contribution in [2.75, 3.05) is 14.1 Å². The van der Waals surface area contributed by atoms with E-state index >= 15 is 0 Å². The molecule has 0 bridgehead atoms. The molecule has 0 amide bonds. The summed E-state index contributed by atoms with van der Waals surface area (Å²) in [5.41, 5.74) is 2.08. The van der Waals surface area contributed by atoms with Crippen molar-refractivity contribution in [3.63, 3.8) is 0 Å². The summed E-state index contributed by atoms with van der Waals surface area (Å²) in [5.74, 6) is 0. The first-order valence-corrected chi connectivity index (χ1v) is 4.10. The molecule has 0 radical (unpaired) electrons. The van der Waals surface area contributed by atoms with Gasteiger partial charge >= 0.3 is 0 Å². The summed E-state index contributed by atoms with van der Waals surface area (Å²) in [6.45, 7) is 2.62. The van der Waals surface area contributed by atoms with E-state index < -0.39 is 0 Å². The van der Waals surface area contributed by atoms with E-state index in [1.807, 2.05) is 26.4 Å². The smallest absolute Gasteiger partial charge is 0.0779 e. The van der Waals surface area contributed by atoms with E-state index in [1.54, 1.807) is 6.92 Å². The third kappa shape index (κ3) is 2.09. The Morgan fingerprint density at radius 3 is 2.75 bits per heavy atom. The van der Waals surface area contributed by atoms with Crippen molar-refractivity contribution in [2.45, 2.75) is 19.6 Å². The van der Waals surface area contributed by atoms with Crippen molar-refractivity contribution in [1.29, 1.82) is 0 Å². The van der Waals surface area contributed by atoms with Gasteiger partial charge in [0.05, 0.1) is 6.10 Å². The minimum Gasteiger partial charge on any atom is -0.389 e. The third-order valence-corrected chi connectivity index (χ3v) is 1.79. The molecule has 1 rings (SSSR count). The van der Waals surface area contributed by atoms with Crippen molar-refractivity contribution in [3.8, 4) is 0 Å². The Balaban J connectivity index is 2.77. The number of aromatic nitrogens is 1. The van der Waals surface area contributed by atoms with Gasteiger partial charge in [-0.3, -0.25) is 0 Å². The normalized spacial score (nSPS) is 13.8. The van der Waals surface area contributed by atoms with E-state index in [4.69, 9.17) is 0 Å². The van der Waals surface area contributed by atoms with Gasteiger partial charge in [0, 0.05) is 24.0 Å². The maximum absolute atomic E-state index is 9.37. The highest BCUT2D eigenvalue weighted by Crippen LogP contribution is 2.16. The SMILES string of the molecule is CC(O)c1cc[nH]c1CN(C)C. The van der Waals surface area contributed by atoms with E-state index in [0.717, 1.165) is 17.8 Å². The number of aliphatic hydroxyl groups excluding tert-OH is 1. The lowest BCUT2D eigenvalue weighted by Crippen LogP contribution is -2.12. The molecule has 1 heterocycles. The zero-order valence-electron chi connectivity index (χ0n) is 7.83. The van der Waals surface area contributed by atoms with Gasteiger partial charge in [-0.15, -0.1) is 0 Å². The summed E-state index contributed by atoms with van der Waals surface area (Å²) in [5, 5.41) is 9.37. The Morgan fingerprint density at radius 2 is 2.25 bits per heavy atom. The zero-order valence-corrected chi connectivity index (χ0v) is 7.83. The van der Waals surface area contributed by atoms with Crippen LogP contribution < -0.4 is 0 Å². The highest BCUT2D eigenvalue weighted by molar-refractivity contribution is 5.22. The Morgan fingerprint density at radius 1 is 1.58 bits per heavy atom.